The predicted octanol–water partition coefficient (Wildman–Crippen LogP) is 2.84. The zero-order valence-corrected chi connectivity index (χ0v) is 10.4. The van der Waals surface area contributed by atoms with E-state index in [1.54, 1.807) is 6.92 Å². The number of benzene rings is 1. The number of hydrogen-bond donors (Lipinski definition) is 0. The summed E-state index contributed by atoms with van der Waals surface area (Å²) in [5.41, 5.74) is 3.04. The summed E-state index contributed by atoms with van der Waals surface area (Å²) < 4.78 is 0. The third kappa shape index (κ3) is 2.24. The summed E-state index contributed by atoms with van der Waals surface area (Å²) in [6, 6.07) is 8.52. The normalized spacial score (nSPS) is 17.0. The van der Waals surface area contributed by atoms with E-state index in [-0.39, 0.29) is 5.78 Å². The molecule has 2 nitrogen and oxygen atoms in total. The van der Waals surface area contributed by atoms with Crippen molar-refractivity contribution in [2.45, 2.75) is 39.5 Å². The van der Waals surface area contributed by atoms with Crippen molar-refractivity contribution in [2.75, 3.05) is 0 Å². The Kier molecular flexibility index (Phi) is 3.02. The highest BCUT2D eigenvalue weighted by Crippen LogP contribution is 2.27. The fourth-order valence-corrected chi connectivity index (χ4v) is 2.39. The zero-order valence-electron chi connectivity index (χ0n) is 10.4. The maximum atomic E-state index is 11.5. The van der Waals surface area contributed by atoms with Crippen molar-refractivity contribution in [1.29, 1.82) is 5.26 Å². The van der Waals surface area contributed by atoms with Crippen LogP contribution in [-0.4, -0.2) is 5.78 Å². The molecule has 0 heterocycles. The molecule has 0 saturated carbocycles. The lowest BCUT2D eigenvalue weighted by Gasteiger charge is -2.18. The fourth-order valence-electron chi connectivity index (χ4n) is 2.39. The Morgan fingerprint density at radius 2 is 2.12 bits per heavy atom. The van der Waals surface area contributed by atoms with Crippen LogP contribution < -0.4 is 0 Å². The number of nitriles is 1. The molecule has 1 aliphatic carbocycles. The molecule has 0 aliphatic heterocycles. The van der Waals surface area contributed by atoms with E-state index in [0.717, 1.165) is 18.4 Å². The first-order valence-electron chi connectivity index (χ1n) is 6.08. The Morgan fingerprint density at radius 3 is 2.76 bits per heavy atom. The van der Waals surface area contributed by atoms with E-state index >= 15 is 0 Å². The van der Waals surface area contributed by atoms with Crippen LogP contribution in [-0.2, 0) is 24.1 Å². The summed E-state index contributed by atoms with van der Waals surface area (Å²) in [4.78, 5) is 11.5. The van der Waals surface area contributed by atoms with Gasteiger partial charge in [-0.05, 0) is 56.2 Å². The molecule has 0 fully saturated rings. The number of carbonyl (C=O) groups excluding carboxylic acids is 1. The van der Waals surface area contributed by atoms with Gasteiger partial charge < -0.3 is 0 Å². The summed E-state index contributed by atoms with van der Waals surface area (Å²) in [6.07, 6.45) is 4.04. The lowest BCUT2D eigenvalue weighted by Crippen LogP contribution is -2.26. The van der Waals surface area contributed by atoms with Gasteiger partial charge in [-0.25, -0.2) is 0 Å². The van der Waals surface area contributed by atoms with E-state index in [2.05, 4.69) is 24.3 Å². The first-order valence-corrected chi connectivity index (χ1v) is 6.08. The van der Waals surface area contributed by atoms with Gasteiger partial charge in [-0.1, -0.05) is 18.2 Å². The molecule has 2 heteroatoms. The maximum absolute atomic E-state index is 11.5. The van der Waals surface area contributed by atoms with Gasteiger partial charge in [0, 0.05) is 0 Å². The fraction of sp³-hybridized carbons (Fsp3) is 0.467. The average Bonchev–Trinajstić information content (AvgIpc) is 2.75. The molecule has 1 aliphatic rings. The minimum absolute atomic E-state index is 0.0551. The SMILES string of the molecule is CC(=O)C(C)(C#N)Cc1ccc2c(c1)CCC2. The minimum Gasteiger partial charge on any atom is -0.298 e. The summed E-state index contributed by atoms with van der Waals surface area (Å²) >= 11 is 0. The van der Waals surface area contributed by atoms with E-state index in [9.17, 15) is 4.79 Å². The molecule has 0 saturated heterocycles. The predicted molar refractivity (Wildman–Crippen MR) is 66.6 cm³/mol. The minimum atomic E-state index is -0.882. The molecule has 1 aromatic rings. The van der Waals surface area contributed by atoms with Gasteiger partial charge in [0.2, 0.25) is 0 Å². The third-order valence-electron chi connectivity index (χ3n) is 3.74. The van der Waals surface area contributed by atoms with Crippen molar-refractivity contribution < 1.29 is 4.79 Å². The van der Waals surface area contributed by atoms with Crippen LogP contribution in [0.1, 0.15) is 37.0 Å². The highest BCUT2D eigenvalue weighted by atomic mass is 16.1. The summed E-state index contributed by atoms with van der Waals surface area (Å²) in [5.74, 6) is -0.0551. The van der Waals surface area contributed by atoms with Crippen LogP contribution in [0.5, 0.6) is 0 Å². The molecule has 0 radical (unpaired) electrons. The molecule has 0 bridgehead atoms. The van der Waals surface area contributed by atoms with Gasteiger partial charge in [0.1, 0.15) is 11.2 Å². The lowest BCUT2D eigenvalue weighted by atomic mass is 9.81. The quantitative estimate of drug-likeness (QED) is 0.796. The Morgan fingerprint density at radius 1 is 1.41 bits per heavy atom. The summed E-state index contributed by atoms with van der Waals surface area (Å²) in [5, 5.41) is 9.14. The molecule has 2 rings (SSSR count). The Labute approximate surface area is 102 Å². The first-order chi connectivity index (χ1) is 8.05. The number of hydrogen-bond acceptors (Lipinski definition) is 2. The van der Waals surface area contributed by atoms with Crippen LogP contribution in [0.3, 0.4) is 0 Å². The number of Topliss-reactive ketones (excluding diaryl/α,β-unsaturated/α-hetero) is 1. The molecule has 1 unspecified atom stereocenters. The van der Waals surface area contributed by atoms with Crippen LogP contribution >= 0.6 is 0 Å². The highest BCUT2D eigenvalue weighted by Gasteiger charge is 2.30. The monoisotopic (exact) mass is 227 g/mol. The van der Waals surface area contributed by atoms with Crippen molar-refractivity contribution in [3.63, 3.8) is 0 Å². The van der Waals surface area contributed by atoms with Crippen LogP contribution in [0.25, 0.3) is 0 Å². The molecule has 88 valence electrons. The van der Waals surface area contributed by atoms with Gasteiger partial charge >= 0.3 is 0 Å². The Hall–Kier alpha value is -1.62. The molecular formula is C15H17NO. The number of nitrogens with zero attached hydrogens (tertiary/aromatic N) is 1. The number of rotatable bonds is 3. The molecule has 17 heavy (non-hydrogen) atoms. The van der Waals surface area contributed by atoms with Crippen molar-refractivity contribution in [3.05, 3.63) is 34.9 Å². The van der Waals surface area contributed by atoms with Gasteiger partial charge in [0.05, 0.1) is 6.07 Å². The molecule has 0 N–H and O–H groups in total. The van der Waals surface area contributed by atoms with E-state index in [4.69, 9.17) is 5.26 Å². The standard InChI is InChI=1S/C15H17NO/c1-11(17)15(2,10-16)9-12-6-7-13-4-3-5-14(13)8-12/h6-8H,3-5,9H2,1-2H3. The lowest BCUT2D eigenvalue weighted by molar-refractivity contribution is -0.123. The molecular weight excluding hydrogens is 210 g/mol. The number of ketones is 1. The molecule has 1 aromatic carbocycles. The Balaban J connectivity index is 2.25. The molecule has 0 amide bonds. The van der Waals surface area contributed by atoms with E-state index in [1.807, 2.05) is 0 Å². The Bertz CT molecular complexity index is 498. The van der Waals surface area contributed by atoms with Gasteiger partial charge in [-0.2, -0.15) is 5.26 Å². The van der Waals surface area contributed by atoms with Crippen LogP contribution in [0.15, 0.2) is 18.2 Å². The summed E-state index contributed by atoms with van der Waals surface area (Å²) in [6.45, 7) is 3.22. The first kappa shape index (κ1) is 11.9. The van der Waals surface area contributed by atoms with E-state index < -0.39 is 5.41 Å². The van der Waals surface area contributed by atoms with Gasteiger partial charge in [0.25, 0.3) is 0 Å². The van der Waals surface area contributed by atoms with E-state index in [1.165, 1.54) is 24.5 Å². The molecule has 0 spiro atoms. The number of fused-ring (bicyclic) bond motifs is 1. The summed E-state index contributed by atoms with van der Waals surface area (Å²) in [7, 11) is 0. The van der Waals surface area contributed by atoms with Crippen molar-refractivity contribution in [2.24, 2.45) is 5.41 Å². The van der Waals surface area contributed by atoms with Gasteiger partial charge in [0.15, 0.2) is 0 Å². The second-order valence-electron chi connectivity index (χ2n) is 5.13. The van der Waals surface area contributed by atoms with Gasteiger partial charge in [-0.3, -0.25) is 4.79 Å². The average molecular weight is 227 g/mol. The van der Waals surface area contributed by atoms with Crippen LogP contribution in [0, 0.1) is 16.7 Å². The van der Waals surface area contributed by atoms with Crippen LogP contribution in [0.2, 0.25) is 0 Å². The topological polar surface area (TPSA) is 40.9 Å². The third-order valence-corrected chi connectivity index (χ3v) is 3.74. The molecule has 0 aromatic heterocycles. The number of aryl methyl sites for hydroxylation is 2. The maximum Gasteiger partial charge on any atom is 0.150 e. The van der Waals surface area contributed by atoms with Gasteiger partial charge in [-0.15, -0.1) is 0 Å². The molecule has 1 atom stereocenters. The smallest absolute Gasteiger partial charge is 0.150 e. The van der Waals surface area contributed by atoms with Crippen molar-refractivity contribution >= 4 is 5.78 Å². The van der Waals surface area contributed by atoms with Crippen LogP contribution in [0.4, 0.5) is 0 Å². The van der Waals surface area contributed by atoms with E-state index in [0.29, 0.717) is 6.42 Å². The van der Waals surface area contributed by atoms with Crippen molar-refractivity contribution in [3.8, 4) is 6.07 Å². The second kappa shape index (κ2) is 4.33. The second-order valence-corrected chi connectivity index (χ2v) is 5.13. The largest absolute Gasteiger partial charge is 0.298 e. The number of carbonyl (C=O) groups is 1. The highest BCUT2D eigenvalue weighted by molar-refractivity contribution is 5.85. The van der Waals surface area contributed by atoms with Crippen molar-refractivity contribution in [1.82, 2.24) is 0 Å². The zero-order chi connectivity index (χ0) is 12.5.